The monoisotopic (exact) mass is 440 g/mol. The zero-order chi connectivity index (χ0) is 23.4. The summed E-state index contributed by atoms with van der Waals surface area (Å²) in [5, 5.41) is 10.9. The van der Waals surface area contributed by atoms with Crippen LogP contribution >= 0.6 is 0 Å². The van der Waals surface area contributed by atoms with E-state index in [1.54, 1.807) is 30.3 Å². The van der Waals surface area contributed by atoms with E-state index in [4.69, 9.17) is 15.2 Å². The van der Waals surface area contributed by atoms with Gasteiger partial charge in [-0.25, -0.2) is 0 Å². The number of aromatic hydroxyl groups is 1. The first-order valence-corrected chi connectivity index (χ1v) is 10.9. The molecule has 0 aliphatic carbocycles. The molecule has 3 rings (SSSR count). The lowest BCUT2D eigenvalue weighted by atomic mass is 9.85. The van der Waals surface area contributed by atoms with Gasteiger partial charge in [0.15, 0.2) is 0 Å². The van der Waals surface area contributed by atoms with Crippen LogP contribution in [0.25, 0.3) is 0 Å². The molecule has 1 fully saturated rings. The van der Waals surface area contributed by atoms with Crippen molar-refractivity contribution in [1.82, 2.24) is 4.90 Å². The molecule has 3 atom stereocenters. The zero-order valence-corrected chi connectivity index (χ0v) is 19.1. The Hall–Kier alpha value is -3.22. The van der Waals surface area contributed by atoms with Crippen LogP contribution in [0.3, 0.4) is 0 Å². The Morgan fingerprint density at radius 2 is 1.72 bits per heavy atom. The topological polar surface area (TPSA) is 102 Å². The Morgan fingerprint density at radius 3 is 2.25 bits per heavy atom. The minimum Gasteiger partial charge on any atom is -0.507 e. The van der Waals surface area contributed by atoms with Gasteiger partial charge in [0, 0.05) is 48.7 Å². The normalized spacial score (nSPS) is 19.3. The van der Waals surface area contributed by atoms with Crippen LogP contribution in [0.2, 0.25) is 0 Å². The van der Waals surface area contributed by atoms with Gasteiger partial charge in [-0.2, -0.15) is 0 Å². The number of rotatable bonds is 7. The number of phenols is 1. The van der Waals surface area contributed by atoms with Crippen molar-refractivity contribution in [3.63, 3.8) is 0 Å². The van der Waals surface area contributed by atoms with Gasteiger partial charge in [-0.05, 0) is 36.0 Å². The molecular weight excluding hydrogens is 408 g/mol. The number of nitrogens with two attached hydrogens (primary N) is 1. The highest BCUT2D eigenvalue weighted by atomic mass is 16.5. The van der Waals surface area contributed by atoms with Crippen LogP contribution in [0.5, 0.6) is 17.2 Å². The van der Waals surface area contributed by atoms with E-state index in [0.29, 0.717) is 34.5 Å². The maximum atomic E-state index is 13.4. The zero-order valence-electron chi connectivity index (χ0n) is 19.1. The van der Waals surface area contributed by atoms with Crippen LogP contribution in [0.15, 0.2) is 36.4 Å². The fourth-order valence-corrected chi connectivity index (χ4v) is 4.66. The summed E-state index contributed by atoms with van der Waals surface area (Å²) >= 11 is 0. The molecule has 1 saturated heterocycles. The number of benzene rings is 2. The second-order valence-electron chi connectivity index (χ2n) is 8.75. The van der Waals surface area contributed by atoms with Crippen molar-refractivity contribution in [3.05, 3.63) is 53.1 Å². The lowest BCUT2D eigenvalue weighted by Crippen LogP contribution is -2.43. The molecule has 3 unspecified atom stereocenters. The molecule has 0 saturated carbocycles. The molecule has 7 nitrogen and oxygen atoms in total. The molecule has 0 spiro atoms. The lowest BCUT2D eigenvalue weighted by Gasteiger charge is -2.36. The fourth-order valence-electron chi connectivity index (χ4n) is 4.66. The molecule has 2 aromatic carbocycles. The lowest BCUT2D eigenvalue weighted by molar-refractivity contribution is -0.134. The predicted octanol–water partition coefficient (Wildman–Crippen LogP) is 3.53. The molecule has 1 aliphatic rings. The maximum absolute atomic E-state index is 13.4. The number of amides is 2. The van der Waals surface area contributed by atoms with Gasteiger partial charge in [0.25, 0.3) is 0 Å². The number of carbonyl (C=O) groups is 2. The van der Waals surface area contributed by atoms with E-state index < -0.39 is 11.8 Å². The van der Waals surface area contributed by atoms with Crippen LogP contribution in [0.1, 0.15) is 54.1 Å². The van der Waals surface area contributed by atoms with Gasteiger partial charge in [0.1, 0.15) is 17.2 Å². The van der Waals surface area contributed by atoms with Crippen molar-refractivity contribution in [2.45, 2.75) is 32.6 Å². The van der Waals surface area contributed by atoms with Crippen molar-refractivity contribution >= 4 is 11.8 Å². The summed E-state index contributed by atoms with van der Waals surface area (Å²) in [7, 11) is 3.02. The fraction of sp³-hybridized carbons (Fsp3) is 0.440. The molecule has 2 aromatic rings. The van der Waals surface area contributed by atoms with Gasteiger partial charge in [0.05, 0.1) is 14.2 Å². The first-order chi connectivity index (χ1) is 15.2. The molecule has 7 heteroatoms. The number of phenolic OH excluding ortho intramolecular Hbond substituents is 1. The number of methoxy groups -OCH3 is 2. The van der Waals surface area contributed by atoms with Crippen LogP contribution in [0.4, 0.5) is 0 Å². The standard InChI is InChI=1S/C25H32N2O5/c1-15-9-16(2)14-27(13-15)23(29)12-20(17-5-7-18(8-6-17)25(26)30)24-21(28)10-19(31-3)11-22(24)32-4/h5-8,10-11,15-16,20,28H,9,12-14H2,1-4H3,(H2,26,30). The maximum Gasteiger partial charge on any atom is 0.248 e. The van der Waals surface area contributed by atoms with Gasteiger partial charge in [-0.1, -0.05) is 26.0 Å². The number of hydrogen-bond acceptors (Lipinski definition) is 5. The molecule has 2 amide bonds. The number of hydrogen-bond donors (Lipinski definition) is 2. The molecule has 32 heavy (non-hydrogen) atoms. The number of primary amides is 1. The molecule has 0 aromatic heterocycles. The van der Waals surface area contributed by atoms with Crippen molar-refractivity contribution in [1.29, 1.82) is 0 Å². The van der Waals surface area contributed by atoms with Gasteiger partial charge < -0.3 is 25.2 Å². The summed E-state index contributed by atoms with van der Waals surface area (Å²) in [5.74, 6) is 0.779. The first kappa shape index (κ1) is 23.4. The van der Waals surface area contributed by atoms with E-state index in [1.807, 2.05) is 4.90 Å². The van der Waals surface area contributed by atoms with Crippen molar-refractivity contribution in [3.8, 4) is 17.2 Å². The highest BCUT2D eigenvalue weighted by molar-refractivity contribution is 5.92. The third-order valence-corrected chi connectivity index (χ3v) is 6.10. The molecule has 0 bridgehead atoms. The largest absolute Gasteiger partial charge is 0.507 e. The summed E-state index contributed by atoms with van der Waals surface area (Å²) in [6.45, 7) is 5.77. The molecule has 1 heterocycles. The highest BCUT2D eigenvalue weighted by Crippen LogP contribution is 2.43. The van der Waals surface area contributed by atoms with Crippen molar-refractivity contribution in [2.24, 2.45) is 17.6 Å². The second kappa shape index (κ2) is 9.94. The Bertz CT molecular complexity index is 963. The Balaban J connectivity index is 2.02. The van der Waals surface area contributed by atoms with E-state index in [1.165, 1.54) is 20.3 Å². The number of nitrogens with zero attached hydrogens (tertiary/aromatic N) is 1. The Morgan fingerprint density at radius 1 is 1.09 bits per heavy atom. The molecular formula is C25H32N2O5. The van der Waals surface area contributed by atoms with Crippen molar-refractivity contribution in [2.75, 3.05) is 27.3 Å². The first-order valence-electron chi connectivity index (χ1n) is 10.9. The van der Waals surface area contributed by atoms with E-state index in [-0.39, 0.29) is 18.1 Å². The molecule has 0 radical (unpaired) electrons. The van der Waals surface area contributed by atoms with Gasteiger partial charge in [-0.3, -0.25) is 9.59 Å². The summed E-state index contributed by atoms with van der Waals surface area (Å²) < 4.78 is 10.8. The minimum absolute atomic E-state index is 0.0154. The second-order valence-corrected chi connectivity index (χ2v) is 8.75. The minimum atomic E-state index is -0.523. The van der Waals surface area contributed by atoms with Crippen molar-refractivity contribution < 1.29 is 24.2 Å². The molecule has 3 N–H and O–H groups in total. The number of ether oxygens (including phenoxy) is 2. The van der Waals surface area contributed by atoms with Gasteiger partial charge in [-0.15, -0.1) is 0 Å². The Labute approximate surface area is 189 Å². The average Bonchev–Trinajstić information content (AvgIpc) is 2.76. The quantitative estimate of drug-likeness (QED) is 0.686. The van der Waals surface area contributed by atoms with E-state index in [9.17, 15) is 14.7 Å². The molecule has 1 aliphatic heterocycles. The van der Waals surface area contributed by atoms with Crippen LogP contribution in [-0.4, -0.2) is 49.1 Å². The summed E-state index contributed by atoms with van der Waals surface area (Å²) in [4.78, 5) is 26.8. The average molecular weight is 441 g/mol. The van der Waals surface area contributed by atoms with E-state index in [0.717, 1.165) is 25.1 Å². The van der Waals surface area contributed by atoms with Gasteiger partial charge >= 0.3 is 0 Å². The van der Waals surface area contributed by atoms with E-state index in [2.05, 4.69) is 13.8 Å². The van der Waals surface area contributed by atoms with E-state index >= 15 is 0 Å². The summed E-state index contributed by atoms with van der Waals surface area (Å²) in [6, 6.07) is 10.00. The molecule has 172 valence electrons. The third kappa shape index (κ3) is 5.15. The highest BCUT2D eigenvalue weighted by Gasteiger charge is 2.31. The SMILES string of the molecule is COc1cc(O)c(C(CC(=O)N2CC(C)CC(C)C2)c2ccc(C(N)=O)cc2)c(OC)c1. The predicted molar refractivity (Wildman–Crippen MR) is 122 cm³/mol. The number of likely N-dealkylation sites (tertiary alicyclic amines) is 1. The van der Waals surface area contributed by atoms with Crippen LogP contribution in [0, 0.1) is 11.8 Å². The smallest absolute Gasteiger partial charge is 0.248 e. The Kier molecular flexibility index (Phi) is 7.28. The van der Waals surface area contributed by atoms with Gasteiger partial charge in [0.2, 0.25) is 11.8 Å². The summed E-state index contributed by atoms with van der Waals surface area (Å²) in [5.41, 5.74) is 7.05. The van der Waals surface area contributed by atoms with Crippen LogP contribution in [-0.2, 0) is 4.79 Å². The third-order valence-electron chi connectivity index (χ3n) is 6.10. The summed E-state index contributed by atoms with van der Waals surface area (Å²) in [6.07, 6.45) is 1.26. The van der Waals surface area contributed by atoms with Crippen LogP contribution < -0.4 is 15.2 Å². The number of carbonyl (C=O) groups excluding carboxylic acids is 2. The number of piperidine rings is 1.